The Bertz CT molecular complexity index is 315. The van der Waals surface area contributed by atoms with Crippen LogP contribution in [0.1, 0.15) is 71.1 Å². The van der Waals surface area contributed by atoms with Gasteiger partial charge in [-0.3, -0.25) is 0 Å². The van der Waals surface area contributed by atoms with E-state index in [2.05, 4.69) is 6.92 Å². The third kappa shape index (κ3) is 5.68. The number of unbranched alkanes of at least 4 members (excludes halogenated alkanes) is 8. The Morgan fingerprint density at radius 2 is 1.43 bits per heavy atom. The molecule has 2 atom stereocenters. The number of rotatable bonds is 10. The number of aliphatic hydroxyl groups excluding tert-OH is 2. The van der Waals surface area contributed by atoms with E-state index >= 15 is 0 Å². The predicted octanol–water partition coefficient (Wildman–Crippen LogP) is 2.77. The lowest BCUT2D eigenvalue weighted by atomic mass is 9.96. The molecule has 2 unspecified atom stereocenters. The molecule has 2 aliphatic heterocycles. The molecule has 0 saturated carbocycles. The van der Waals surface area contributed by atoms with Crippen LogP contribution < -0.4 is 0 Å². The molecule has 0 bridgehead atoms. The molecule has 2 heterocycles. The zero-order chi connectivity index (χ0) is 16.5. The van der Waals surface area contributed by atoms with Crippen molar-refractivity contribution in [2.75, 3.05) is 19.8 Å². The average molecular weight is 330 g/mol. The fraction of sp³-hybridized carbons (Fsp3) is 1.00. The highest BCUT2D eigenvalue weighted by Crippen LogP contribution is 2.32. The Kier molecular flexibility index (Phi) is 8.27. The summed E-state index contributed by atoms with van der Waals surface area (Å²) >= 11 is 0. The minimum Gasteiger partial charge on any atom is -0.388 e. The molecule has 5 heteroatoms. The normalized spacial score (nSPS) is 34.3. The van der Waals surface area contributed by atoms with Gasteiger partial charge in [-0.1, -0.05) is 58.3 Å². The van der Waals surface area contributed by atoms with Crippen LogP contribution in [0.4, 0.5) is 0 Å². The van der Waals surface area contributed by atoms with E-state index < -0.39 is 17.8 Å². The molecule has 0 aromatic heterocycles. The van der Waals surface area contributed by atoms with Crippen molar-refractivity contribution in [3.05, 3.63) is 0 Å². The molecule has 2 rings (SSSR count). The second-order valence-corrected chi connectivity index (χ2v) is 7.06. The quantitative estimate of drug-likeness (QED) is 0.603. The van der Waals surface area contributed by atoms with E-state index in [9.17, 15) is 10.2 Å². The molecular formula is C18H34O5. The first-order chi connectivity index (χ1) is 11.2. The first-order valence-electron chi connectivity index (χ1n) is 9.41. The molecule has 2 N–H and O–H groups in total. The number of hydrogen-bond donors (Lipinski definition) is 2. The largest absolute Gasteiger partial charge is 0.388 e. The van der Waals surface area contributed by atoms with Gasteiger partial charge in [0.05, 0.1) is 19.8 Å². The highest BCUT2D eigenvalue weighted by molar-refractivity contribution is 4.99. The summed E-state index contributed by atoms with van der Waals surface area (Å²) in [5.74, 6) is 0. The van der Waals surface area contributed by atoms with Crippen molar-refractivity contribution in [3.63, 3.8) is 0 Å². The van der Waals surface area contributed by atoms with Crippen molar-refractivity contribution in [2.24, 2.45) is 0 Å². The van der Waals surface area contributed by atoms with Gasteiger partial charge in [-0.2, -0.15) is 0 Å². The predicted molar refractivity (Wildman–Crippen MR) is 88.2 cm³/mol. The Balaban J connectivity index is 1.47. The van der Waals surface area contributed by atoms with Gasteiger partial charge in [-0.05, 0) is 12.8 Å². The summed E-state index contributed by atoms with van der Waals surface area (Å²) in [5.41, 5.74) is -0.867. The van der Waals surface area contributed by atoms with Gasteiger partial charge >= 0.3 is 0 Å². The number of hydrogen-bond acceptors (Lipinski definition) is 5. The lowest BCUT2D eigenvalue weighted by Gasteiger charge is -2.38. The standard InChI is InChI=1S/C18H34O5/c1-2-3-4-5-6-7-8-9-10-11-16-21-13-18(14-22-16)17(20)15(19)12-23-18/h15-17,19-20H,2-14H2,1H3. The van der Waals surface area contributed by atoms with Crippen molar-refractivity contribution in [2.45, 2.75) is 95.2 Å². The zero-order valence-corrected chi connectivity index (χ0v) is 14.5. The summed E-state index contributed by atoms with van der Waals surface area (Å²) in [4.78, 5) is 0. The summed E-state index contributed by atoms with van der Waals surface area (Å²) < 4.78 is 16.9. The molecular weight excluding hydrogens is 296 g/mol. The van der Waals surface area contributed by atoms with Crippen LogP contribution in [-0.2, 0) is 14.2 Å². The van der Waals surface area contributed by atoms with E-state index in [1.807, 2.05) is 0 Å². The second kappa shape index (κ2) is 9.94. The molecule has 2 fully saturated rings. The molecule has 23 heavy (non-hydrogen) atoms. The molecule has 0 aliphatic carbocycles. The summed E-state index contributed by atoms with van der Waals surface area (Å²) in [6.45, 7) is 3.00. The first kappa shape index (κ1) is 19.1. The molecule has 136 valence electrons. The monoisotopic (exact) mass is 330 g/mol. The maximum absolute atomic E-state index is 9.97. The molecule has 0 aromatic carbocycles. The van der Waals surface area contributed by atoms with E-state index in [1.165, 1.54) is 51.4 Å². The maximum Gasteiger partial charge on any atom is 0.157 e. The third-order valence-corrected chi connectivity index (χ3v) is 5.02. The van der Waals surface area contributed by atoms with Gasteiger partial charge in [-0.15, -0.1) is 0 Å². The Morgan fingerprint density at radius 1 is 0.870 bits per heavy atom. The smallest absolute Gasteiger partial charge is 0.157 e. The molecule has 0 amide bonds. The van der Waals surface area contributed by atoms with Gasteiger partial charge in [0.25, 0.3) is 0 Å². The van der Waals surface area contributed by atoms with Crippen LogP contribution >= 0.6 is 0 Å². The zero-order valence-electron chi connectivity index (χ0n) is 14.5. The van der Waals surface area contributed by atoms with E-state index in [-0.39, 0.29) is 12.9 Å². The van der Waals surface area contributed by atoms with Crippen molar-refractivity contribution in [1.29, 1.82) is 0 Å². The SMILES string of the molecule is CCCCCCCCCCCC1OCC2(CO1)OCC(O)C2O. The topological polar surface area (TPSA) is 68.2 Å². The van der Waals surface area contributed by atoms with Gasteiger partial charge in [-0.25, -0.2) is 0 Å². The first-order valence-corrected chi connectivity index (χ1v) is 9.41. The van der Waals surface area contributed by atoms with Crippen LogP contribution in [-0.4, -0.2) is 54.1 Å². The van der Waals surface area contributed by atoms with Crippen LogP contribution in [0.2, 0.25) is 0 Å². The van der Waals surface area contributed by atoms with E-state index in [0.717, 1.165) is 12.8 Å². The summed E-state index contributed by atoms with van der Waals surface area (Å²) in [7, 11) is 0. The van der Waals surface area contributed by atoms with Crippen LogP contribution in [0, 0.1) is 0 Å². The summed E-state index contributed by atoms with van der Waals surface area (Å²) in [6.07, 6.45) is 10.7. The Labute approximate surface area is 140 Å². The van der Waals surface area contributed by atoms with Crippen LogP contribution in [0.5, 0.6) is 0 Å². The Morgan fingerprint density at radius 3 is 1.96 bits per heavy atom. The van der Waals surface area contributed by atoms with Gasteiger partial charge in [0.15, 0.2) is 6.29 Å². The van der Waals surface area contributed by atoms with E-state index in [4.69, 9.17) is 14.2 Å². The summed E-state index contributed by atoms with van der Waals surface area (Å²) in [6, 6.07) is 0. The van der Waals surface area contributed by atoms with Crippen molar-refractivity contribution >= 4 is 0 Å². The molecule has 1 spiro atoms. The van der Waals surface area contributed by atoms with Gasteiger partial charge < -0.3 is 24.4 Å². The van der Waals surface area contributed by atoms with Crippen LogP contribution in [0.15, 0.2) is 0 Å². The third-order valence-electron chi connectivity index (χ3n) is 5.02. The van der Waals surface area contributed by atoms with Gasteiger partial charge in [0.2, 0.25) is 0 Å². The van der Waals surface area contributed by atoms with Crippen molar-refractivity contribution in [1.82, 2.24) is 0 Å². The lowest BCUT2D eigenvalue weighted by molar-refractivity contribution is -0.271. The Hall–Kier alpha value is -0.200. The maximum atomic E-state index is 9.97. The van der Waals surface area contributed by atoms with E-state index in [0.29, 0.717) is 13.2 Å². The van der Waals surface area contributed by atoms with Crippen molar-refractivity contribution in [3.8, 4) is 0 Å². The molecule has 5 nitrogen and oxygen atoms in total. The van der Waals surface area contributed by atoms with Crippen LogP contribution in [0.25, 0.3) is 0 Å². The van der Waals surface area contributed by atoms with Crippen LogP contribution in [0.3, 0.4) is 0 Å². The lowest BCUT2D eigenvalue weighted by Crippen LogP contribution is -2.55. The fourth-order valence-electron chi connectivity index (χ4n) is 3.38. The second-order valence-electron chi connectivity index (χ2n) is 7.06. The number of aliphatic hydroxyl groups is 2. The minimum absolute atomic E-state index is 0.150. The summed E-state index contributed by atoms with van der Waals surface area (Å²) in [5, 5.41) is 19.6. The number of ether oxygens (including phenoxy) is 3. The average Bonchev–Trinajstić information content (AvgIpc) is 2.84. The van der Waals surface area contributed by atoms with Gasteiger partial charge in [0.1, 0.15) is 17.8 Å². The molecule has 0 radical (unpaired) electrons. The minimum atomic E-state index is -0.920. The highest BCUT2D eigenvalue weighted by Gasteiger charge is 2.52. The molecule has 2 saturated heterocycles. The highest BCUT2D eigenvalue weighted by atomic mass is 16.7. The molecule has 2 aliphatic rings. The fourth-order valence-corrected chi connectivity index (χ4v) is 3.38. The van der Waals surface area contributed by atoms with Gasteiger partial charge in [0, 0.05) is 0 Å². The molecule has 0 aromatic rings. The van der Waals surface area contributed by atoms with Crippen molar-refractivity contribution < 1.29 is 24.4 Å². The van der Waals surface area contributed by atoms with E-state index in [1.54, 1.807) is 0 Å².